The van der Waals surface area contributed by atoms with Crippen LogP contribution in [0.15, 0.2) is 23.4 Å². The van der Waals surface area contributed by atoms with Crippen molar-refractivity contribution in [3.8, 4) is 0 Å². The van der Waals surface area contributed by atoms with Gasteiger partial charge >= 0.3 is 0 Å². The lowest BCUT2D eigenvalue weighted by molar-refractivity contribution is -0.186. The fraction of sp³-hybridized carbons (Fsp3) is 0.625. The summed E-state index contributed by atoms with van der Waals surface area (Å²) in [6, 6.07) is 3.57. The maximum Gasteiger partial charge on any atom is 0.254 e. The number of nitrogens with zero attached hydrogens (tertiary/aromatic N) is 1. The summed E-state index contributed by atoms with van der Waals surface area (Å²) < 4.78 is 12.0. The van der Waals surface area contributed by atoms with Gasteiger partial charge in [-0.3, -0.25) is 4.79 Å². The van der Waals surface area contributed by atoms with E-state index >= 15 is 0 Å². The minimum absolute atomic E-state index is 0.0588. The molecule has 1 aromatic rings. The number of hydrogen-bond donors (Lipinski definition) is 1. The van der Waals surface area contributed by atoms with Crippen LogP contribution in [0.4, 0.5) is 0 Å². The Labute approximate surface area is 135 Å². The Balaban J connectivity index is 1.53. The third-order valence-corrected chi connectivity index (χ3v) is 4.94. The summed E-state index contributed by atoms with van der Waals surface area (Å²) in [5.41, 5.74) is 0.612. The van der Waals surface area contributed by atoms with Gasteiger partial charge in [0, 0.05) is 25.6 Å². The molecule has 0 unspecified atom stereocenters. The minimum atomic E-state index is -0.383. The van der Waals surface area contributed by atoms with E-state index < -0.39 is 0 Å². The van der Waals surface area contributed by atoms with Crippen molar-refractivity contribution in [1.29, 1.82) is 0 Å². The monoisotopic (exact) mass is 322 g/mol. The molecule has 2 aliphatic rings. The molecule has 0 aromatic carbocycles. The molecule has 1 saturated carbocycles. The predicted octanol–water partition coefficient (Wildman–Crippen LogP) is 2.61. The number of thioether (sulfide) groups is 1. The Bertz CT molecular complexity index is 532. The van der Waals surface area contributed by atoms with Crippen LogP contribution in [-0.4, -0.2) is 42.2 Å². The molecule has 1 spiro atoms. The predicted molar refractivity (Wildman–Crippen MR) is 85.0 cm³/mol. The van der Waals surface area contributed by atoms with Crippen molar-refractivity contribution in [2.45, 2.75) is 49.0 Å². The highest BCUT2D eigenvalue weighted by Gasteiger charge is 2.42. The first-order chi connectivity index (χ1) is 10.7. The van der Waals surface area contributed by atoms with Crippen molar-refractivity contribution in [3.63, 3.8) is 0 Å². The molecule has 2 heterocycles. The molecule has 6 heteroatoms. The lowest BCUT2D eigenvalue weighted by atomic mass is 9.94. The molecule has 1 aromatic heterocycles. The van der Waals surface area contributed by atoms with E-state index in [1.165, 1.54) is 18.2 Å². The number of nitrogens with one attached hydrogen (secondary N) is 1. The molecule has 1 aliphatic carbocycles. The maximum absolute atomic E-state index is 12.3. The van der Waals surface area contributed by atoms with Gasteiger partial charge in [0.05, 0.1) is 12.2 Å². The summed E-state index contributed by atoms with van der Waals surface area (Å²) in [5.74, 6) is -0.488. The van der Waals surface area contributed by atoms with Gasteiger partial charge in [-0.15, -0.1) is 11.8 Å². The van der Waals surface area contributed by atoms with E-state index in [0.717, 1.165) is 30.7 Å². The molecule has 1 aliphatic heterocycles. The fourth-order valence-electron chi connectivity index (χ4n) is 3.10. The molecule has 0 bridgehead atoms. The molecule has 1 saturated heterocycles. The number of amides is 1. The molecule has 5 nitrogen and oxygen atoms in total. The first-order valence-electron chi connectivity index (χ1n) is 7.81. The number of aromatic nitrogens is 1. The zero-order valence-corrected chi connectivity index (χ0v) is 13.7. The highest BCUT2D eigenvalue weighted by atomic mass is 32.2. The summed E-state index contributed by atoms with van der Waals surface area (Å²) in [5, 5.41) is 3.68. The average molecular weight is 322 g/mol. The van der Waals surface area contributed by atoms with Gasteiger partial charge in [-0.1, -0.05) is 6.42 Å². The largest absolute Gasteiger partial charge is 0.349 e. The summed E-state index contributed by atoms with van der Waals surface area (Å²) in [7, 11) is 0. The molecule has 1 N–H and O–H groups in total. The Morgan fingerprint density at radius 1 is 1.45 bits per heavy atom. The Morgan fingerprint density at radius 3 is 3.05 bits per heavy atom. The second-order valence-corrected chi connectivity index (χ2v) is 6.59. The molecule has 3 rings (SSSR count). The number of pyridine rings is 1. The van der Waals surface area contributed by atoms with Gasteiger partial charge in [0.25, 0.3) is 5.91 Å². The smallest absolute Gasteiger partial charge is 0.254 e. The molecular formula is C16H22N2O3S. The van der Waals surface area contributed by atoms with Gasteiger partial charge in [0.1, 0.15) is 11.1 Å². The van der Waals surface area contributed by atoms with Gasteiger partial charge in [0.2, 0.25) is 0 Å². The first-order valence-corrected chi connectivity index (χ1v) is 9.04. The van der Waals surface area contributed by atoms with Crippen molar-refractivity contribution < 1.29 is 14.3 Å². The van der Waals surface area contributed by atoms with Crippen LogP contribution in [0.2, 0.25) is 0 Å². The number of rotatable bonds is 4. The number of hydrogen-bond acceptors (Lipinski definition) is 5. The third kappa shape index (κ3) is 3.45. The lowest BCUT2D eigenvalue weighted by Crippen LogP contribution is -2.37. The van der Waals surface area contributed by atoms with Crippen LogP contribution >= 0.6 is 11.8 Å². The van der Waals surface area contributed by atoms with Crippen LogP contribution in [0.5, 0.6) is 0 Å². The number of ether oxygens (including phenoxy) is 2. The molecule has 22 heavy (non-hydrogen) atoms. The minimum Gasteiger partial charge on any atom is -0.349 e. The standard InChI is InChI=1S/C16H22N2O3S/c1-22-15-13(6-5-9-17-15)14(19)18-10-12-11-20-16(21-12)7-3-2-4-8-16/h5-6,9,12H,2-4,7-8,10-11H2,1H3,(H,18,19)/t12-/m1/s1. The quantitative estimate of drug-likeness (QED) is 0.864. The fourth-order valence-corrected chi connectivity index (χ4v) is 3.64. The Hall–Kier alpha value is -1.11. The van der Waals surface area contributed by atoms with Gasteiger partial charge in [-0.25, -0.2) is 4.98 Å². The van der Waals surface area contributed by atoms with E-state index in [1.54, 1.807) is 18.3 Å². The van der Waals surface area contributed by atoms with E-state index in [-0.39, 0.29) is 17.8 Å². The highest BCUT2D eigenvalue weighted by molar-refractivity contribution is 7.98. The van der Waals surface area contributed by atoms with Crippen LogP contribution in [-0.2, 0) is 9.47 Å². The molecule has 1 atom stereocenters. The Morgan fingerprint density at radius 2 is 2.27 bits per heavy atom. The summed E-state index contributed by atoms with van der Waals surface area (Å²) in [6.07, 6.45) is 9.07. The molecule has 2 fully saturated rings. The normalized spacial score (nSPS) is 23.6. The second kappa shape index (κ2) is 6.98. The second-order valence-electron chi connectivity index (χ2n) is 5.79. The molecular weight excluding hydrogens is 300 g/mol. The van der Waals surface area contributed by atoms with Gasteiger partial charge in [0.15, 0.2) is 5.79 Å². The summed E-state index contributed by atoms with van der Waals surface area (Å²) in [4.78, 5) is 16.5. The van der Waals surface area contributed by atoms with E-state index in [4.69, 9.17) is 9.47 Å². The lowest BCUT2D eigenvalue weighted by Gasteiger charge is -2.31. The number of carbonyl (C=O) groups is 1. The van der Waals surface area contributed by atoms with Gasteiger partial charge in [-0.2, -0.15) is 0 Å². The number of carbonyl (C=O) groups excluding carboxylic acids is 1. The van der Waals surface area contributed by atoms with E-state index in [0.29, 0.717) is 18.7 Å². The highest BCUT2D eigenvalue weighted by Crippen LogP contribution is 2.37. The van der Waals surface area contributed by atoms with Crippen molar-refractivity contribution in [1.82, 2.24) is 10.3 Å². The SMILES string of the molecule is CSc1ncccc1C(=O)NC[C@@H]1COC2(CCCCC2)O1. The summed E-state index contributed by atoms with van der Waals surface area (Å²) >= 11 is 1.47. The van der Waals surface area contributed by atoms with Gasteiger partial charge < -0.3 is 14.8 Å². The molecule has 120 valence electrons. The average Bonchev–Trinajstić information content (AvgIpc) is 2.95. The van der Waals surface area contributed by atoms with Crippen LogP contribution < -0.4 is 5.32 Å². The Kier molecular flexibility index (Phi) is 5.00. The molecule has 0 radical (unpaired) electrons. The van der Waals surface area contributed by atoms with Crippen LogP contribution in [0.25, 0.3) is 0 Å². The first kappa shape index (κ1) is 15.8. The van der Waals surface area contributed by atoms with Crippen LogP contribution in [0.3, 0.4) is 0 Å². The summed E-state index contributed by atoms with van der Waals surface area (Å²) in [6.45, 7) is 1.03. The van der Waals surface area contributed by atoms with Crippen molar-refractivity contribution in [2.24, 2.45) is 0 Å². The van der Waals surface area contributed by atoms with Crippen molar-refractivity contribution in [3.05, 3.63) is 23.9 Å². The molecule has 1 amide bonds. The van der Waals surface area contributed by atoms with Crippen molar-refractivity contribution >= 4 is 17.7 Å². The van der Waals surface area contributed by atoms with E-state index in [1.807, 2.05) is 6.26 Å². The third-order valence-electron chi connectivity index (χ3n) is 4.23. The van der Waals surface area contributed by atoms with E-state index in [9.17, 15) is 4.79 Å². The van der Waals surface area contributed by atoms with Crippen molar-refractivity contribution in [2.75, 3.05) is 19.4 Å². The van der Waals surface area contributed by atoms with Crippen LogP contribution in [0, 0.1) is 0 Å². The van der Waals surface area contributed by atoms with Crippen LogP contribution in [0.1, 0.15) is 42.5 Å². The topological polar surface area (TPSA) is 60.5 Å². The maximum atomic E-state index is 12.3. The zero-order valence-electron chi connectivity index (χ0n) is 12.8. The van der Waals surface area contributed by atoms with Gasteiger partial charge in [-0.05, 0) is 31.2 Å². The van der Waals surface area contributed by atoms with E-state index in [2.05, 4.69) is 10.3 Å². The zero-order chi connectivity index (χ0) is 15.4.